The highest BCUT2D eigenvalue weighted by molar-refractivity contribution is 6.74. The Morgan fingerprint density at radius 2 is 1.58 bits per heavy atom. The molecule has 1 unspecified atom stereocenters. The van der Waals surface area contributed by atoms with Gasteiger partial charge in [0.05, 0.1) is 23.2 Å². The van der Waals surface area contributed by atoms with Gasteiger partial charge < -0.3 is 23.7 Å². The Kier molecular flexibility index (Phi) is 11.4. The molecule has 3 aromatic carbocycles. The van der Waals surface area contributed by atoms with Crippen molar-refractivity contribution in [3.63, 3.8) is 0 Å². The van der Waals surface area contributed by atoms with Gasteiger partial charge in [0.1, 0.15) is 31.3 Å². The number of amides is 1. The summed E-state index contributed by atoms with van der Waals surface area (Å²) >= 11 is 6.14. The van der Waals surface area contributed by atoms with Crippen LogP contribution in [0.15, 0.2) is 84.4 Å². The Morgan fingerprint density at radius 3 is 2.22 bits per heavy atom. The minimum Gasteiger partial charge on any atom is -0.490 e. The molecule has 1 aliphatic heterocycles. The predicted octanol–water partition coefficient (Wildman–Crippen LogP) is 8.07. The molecular weight excluding hydrogens is 610 g/mol. The fourth-order valence-corrected chi connectivity index (χ4v) is 5.97. The van der Waals surface area contributed by atoms with E-state index in [1.54, 1.807) is 24.3 Å². The number of rotatable bonds is 12. The summed E-state index contributed by atoms with van der Waals surface area (Å²) in [6.07, 6.45) is -0.215. The Morgan fingerprint density at radius 1 is 0.933 bits per heavy atom. The maximum Gasteiger partial charge on any atom is 0.410 e. The van der Waals surface area contributed by atoms with E-state index in [1.807, 2.05) is 54.6 Å². The second-order valence-corrected chi connectivity index (χ2v) is 17.6. The van der Waals surface area contributed by atoms with Crippen molar-refractivity contribution in [2.24, 2.45) is 0 Å². The zero-order valence-corrected chi connectivity index (χ0v) is 28.3. The summed E-state index contributed by atoms with van der Waals surface area (Å²) in [6, 6.07) is 23.1. The lowest BCUT2D eigenvalue weighted by molar-refractivity contribution is -0.133. The molecule has 240 valence electrons. The van der Waals surface area contributed by atoms with Gasteiger partial charge in [0, 0.05) is 6.54 Å². The summed E-state index contributed by atoms with van der Waals surface area (Å²) in [7, 11) is -2.27. The van der Waals surface area contributed by atoms with Crippen molar-refractivity contribution in [3.8, 4) is 11.5 Å². The van der Waals surface area contributed by atoms with Gasteiger partial charge in [-0.25, -0.2) is 9.59 Å². The number of hydrogen-bond acceptors (Lipinski definition) is 6. The van der Waals surface area contributed by atoms with Crippen LogP contribution in [0.25, 0.3) is 5.57 Å². The van der Waals surface area contributed by atoms with Gasteiger partial charge in [-0.15, -0.1) is 0 Å². The standard InChI is InChI=1S/C35H42ClNO7Si/c1-35(2,3)45(4,5)44-24-30-32(33(38)39)28(19-20-37(30)34(40)43-23-25-11-7-6-8-12-25)26-15-17-27(18-16-26)41-21-22-42-31-14-10-9-13-29(31)36/h6-18,30H,19-24H2,1-5H3,(H,38,39). The SMILES string of the molecule is CC(C)(C)[Si](C)(C)OCC1C(C(=O)O)=C(c2ccc(OCCOc3ccccc3Cl)cc2)CCN1C(=O)OCc1ccccc1. The number of carboxylic acids is 1. The molecule has 4 rings (SSSR count). The van der Waals surface area contributed by atoms with Crippen molar-refractivity contribution in [1.29, 1.82) is 0 Å². The molecule has 10 heteroatoms. The van der Waals surface area contributed by atoms with Gasteiger partial charge in [0.15, 0.2) is 8.32 Å². The average Bonchev–Trinajstić information content (AvgIpc) is 3.01. The van der Waals surface area contributed by atoms with Crippen LogP contribution in [0.3, 0.4) is 0 Å². The number of carbonyl (C=O) groups excluding carboxylic acids is 1. The summed E-state index contributed by atoms with van der Waals surface area (Å²) in [5.74, 6) is 0.124. The smallest absolute Gasteiger partial charge is 0.410 e. The van der Waals surface area contributed by atoms with Crippen molar-refractivity contribution < 1.29 is 33.3 Å². The first-order chi connectivity index (χ1) is 21.4. The molecule has 3 aromatic rings. The molecule has 1 atom stereocenters. The van der Waals surface area contributed by atoms with Gasteiger partial charge in [-0.05, 0) is 65.5 Å². The number of carbonyl (C=O) groups is 2. The quantitative estimate of drug-likeness (QED) is 0.156. The first kappa shape index (κ1) is 34.1. The number of halogens is 1. The second-order valence-electron chi connectivity index (χ2n) is 12.4. The maximum atomic E-state index is 13.4. The van der Waals surface area contributed by atoms with Gasteiger partial charge >= 0.3 is 12.1 Å². The Balaban J connectivity index is 1.53. The van der Waals surface area contributed by atoms with Gasteiger partial charge in [0.2, 0.25) is 0 Å². The molecule has 0 fully saturated rings. The summed E-state index contributed by atoms with van der Waals surface area (Å²) in [5, 5.41) is 11.0. The van der Waals surface area contributed by atoms with Crippen LogP contribution in [-0.4, -0.2) is 62.8 Å². The molecule has 1 aliphatic rings. The largest absolute Gasteiger partial charge is 0.490 e. The fourth-order valence-electron chi connectivity index (χ4n) is 4.77. The maximum absolute atomic E-state index is 13.4. The van der Waals surface area contributed by atoms with E-state index in [2.05, 4.69) is 33.9 Å². The van der Waals surface area contributed by atoms with Crippen molar-refractivity contribution in [2.45, 2.75) is 58.0 Å². The first-order valence-corrected chi connectivity index (χ1v) is 18.3. The van der Waals surface area contributed by atoms with Crippen molar-refractivity contribution >= 4 is 37.6 Å². The second kappa shape index (κ2) is 15.0. The zero-order chi connectivity index (χ0) is 32.6. The predicted molar refractivity (Wildman–Crippen MR) is 178 cm³/mol. The minimum atomic E-state index is -2.27. The Hall–Kier alpha value is -3.79. The normalized spacial score (nSPS) is 15.5. The molecule has 0 saturated heterocycles. The highest BCUT2D eigenvalue weighted by Gasteiger charge is 2.42. The lowest BCUT2D eigenvalue weighted by atomic mass is 9.88. The molecule has 1 heterocycles. The van der Waals surface area contributed by atoms with Crippen LogP contribution >= 0.6 is 11.6 Å². The van der Waals surface area contributed by atoms with E-state index in [-0.39, 0.29) is 23.8 Å². The van der Waals surface area contributed by atoms with E-state index in [0.717, 1.165) is 11.1 Å². The molecule has 0 bridgehead atoms. The molecule has 1 amide bonds. The van der Waals surface area contributed by atoms with Crippen LogP contribution in [0, 0.1) is 0 Å². The number of nitrogens with zero attached hydrogens (tertiary/aromatic N) is 1. The number of para-hydroxylation sites is 1. The number of carboxylic acid groups (broad SMARTS) is 1. The average molecular weight is 652 g/mol. The Bertz CT molecular complexity index is 1490. The summed E-state index contributed by atoms with van der Waals surface area (Å²) in [6.45, 7) is 11.7. The molecule has 0 spiro atoms. The molecule has 8 nitrogen and oxygen atoms in total. The lowest BCUT2D eigenvalue weighted by Crippen LogP contribution is -2.52. The molecular formula is C35H42ClNO7Si. The zero-order valence-electron chi connectivity index (χ0n) is 26.5. The minimum absolute atomic E-state index is 0.0642. The third-order valence-electron chi connectivity index (χ3n) is 8.36. The monoisotopic (exact) mass is 651 g/mol. The van der Waals surface area contributed by atoms with E-state index < -0.39 is 26.4 Å². The van der Waals surface area contributed by atoms with Crippen LogP contribution in [0.5, 0.6) is 11.5 Å². The number of aliphatic carboxylic acids is 1. The highest BCUT2D eigenvalue weighted by atomic mass is 35.5. The highest BCUT2D eigenvalue weighted by Crippen LogP contribution is 2.39. The van der Waals surface area contributed by atoms with E-state index >= 15 is 0 Å². The molecule has 0 aliphatic carbocycles. The van der Waals surface area contributed by atoms with Crippen molar-refractivity contribution in [2.75, 3.05) is 26.4 Å². The van der Waals surface area contributed by atoms with Crippen LogP contribution < -0.4 is 9.47 Å². The molecule has 1 N–H and O–H groups in total. The van der Waals surface area contributed by atoms with Gasteiger partial charge in [-0.1, -0.05) is 87.0 Å². The van der Waals surface area contributed by atoms with Crippen LogP contribution in [-0.2, 0) is 20.6 Å². The van der Waals surface area contributed by atoms with E-state index in [9.17, 15) is 14.7 Å². The van der Waals surface area contributed by atoms with E-state index in [4.69, 9.17) is 30.2 Å². The summed E-state index contributed by atoms with van der Waals surface area (Å²) < 4.78 is 23.7. The number of hydrogen-bond donors (Lipinski definition) is 1. The van der Waals surface area contributed by atoms with E-state index in [0.29, 0.717) is 48.3 Å². The van der Waals surface area contributed by atoms with Crippen LogP contribution in [0.4, 0.5) is 4.79 Å². The molecule has 0 aromatic heterocycles. The Labute approximate surface area is 271 Å². The lowest BCUT2D eigenvalue weighted by Gasteiger charge is -2.41. The topological polar surface area (TPSA) is 94.5 Å². The molecule has 0 saturated carbocycles. The summed E-state index contributed by atoms with van der Waals surface area (Å²) in [5.41, 5.74) is 2.40. The van der Waals surface area contributed by atoms with E-state index in [1.165, 1.54) is 4.90 Å². The fraction of sp³-hybridized carbons (Fsp3) is 0.371. The van der Waals surface area contributed by atoms with Gasteiger partial charge in [-0.2, -0.15) is 0 Å². The van der Waals surface area contributed by atoms with Gasteiger partial charge in [-0.3, -0.25) is 4.90 Å². The van der Waals surface area contributed by atoms with Gasteiger partial charge in [0.25, 0.3) is 0 Å². The van der Waals surface area contributed by atoms with Crippen molar-refractivity contribution in [1.82, 2.24) is 4.90 Å². The third-order valence-corrected chi connectivity index (χ3v) is 13.2. The number of ether oxygens (including phenoxy) is 3. The molecule has 45 heavy (non-hydrogen) atoms. The van der Waals surface area contributed by atoms with Crippen molar-refractivity contribution in [3.05, 3.63) is 101 Å². The first-order valence-electron chi connectivity index (χ1n) is 15.1. The summed E-state index contributed by atoms with van der Waals surface area (Å²) in [4.78, 5) is 27.8. The van der Waals surface area contributed by atoms with Crippen LogP contribution in [0.1, 0.15) is 38.3 Å². The van der Waals surface area contributed by atoms with Crippen LogP contribution in [0.2, 0.25) is 23.2 Å². The third kappa shape index (κ3) is 8.90. The molecule has 0 radical (unpaired) electrons. The number of benzene rings is 3.